The number of rotatable bonds is 13. The number of amides is 1. The number of carbonyl (C=O) groups excluding carboxylic acids is 1. The molecule has 0 unspecified atom stereocenters. The summed E-state index contributed by atoms with van der Waals surface area (Å²) in [7, 11) is 0. The van der Waals surface area contributed by atoms with E-state index in [1.165, 1.54) is 0 Å². The lowest BCUT2D eigenvalue weighted by Crippen LogP contribution is -2.37. The minimum absolute atomic E-state index is 0.0161. The highest BCUT2D eigenvalue weighted by Crippen LogP contribution is 2.30. The van der Waals surface area contributed by atoms with E-state index >= 15 is 0 Å². The average molecular weight is 564 g/mol. The number of hydrogen-bond donors (Lipinski definition) is 5. The third-order valence-corrected chi connectivity index (χ3v) is 6.52. The van der Waals surface area contributed by atoms with E-state index in [2.05, 4.69) is 15.6 Å². The smallest absolute Gasteiger partial charge is 0.305 e. The number of hydrogen-bond acceptors (Lipinski definition) is 7. The summed E-state index contributed by atoms with van der Waals surface area (Å²) >= 11 is 6.01. The second-order valence-corrected chi connectivity index (χ2v) is 9.66. The molecule has 4 aromatic rings. The zero-order valence-corrected chi connectivity index (χ0v) is 22.3. The third-order valence-electron chi connectivity index (χ3n) is 6.29. The number of benzene rings is 3. The van der Waals surface area contributed by atoms with Gasteiger partial charge in [-0.05, 0) is 60.0 Å². The predicted octanol–water partition coefficient (Wildman–Crippen LogP) is 4.11. The molecular formula is C30H30ClN3O6. The van der Waals surface area contributed by atoms with Gasteiger partial charge in [0.25, 0.3) is 5.91 Å². The van der Waals surface area contributed by atoms with E-state index in [1.54, 1.807) is 54.7 Å². The molecule has 1 heterocycles. The Bertz CT molecular complexity index is 1460. The van der Waals surface area contributed by atoms with Gasteiger partial charge in [-0.1, -0.05) is 41.9 Å². The molecule has 40 heavy (non-hydrogen) atoms. The molecule has 0 fully saturated rings. The van der Waals surface area contributed by atoms with Gasteiger partial charge in [-0.15, -0.1) is 0 Å². The van der Waals surface area contributed by atoms with Crippen molar-refractivity contribution in [1.82, 2.24) is 15.6 Å². The fourth-order valence-corrected chi connectivity index (χ4v) is 4.42. The van der Waals surface area contributed by atoms with Crippen molar-refractivity contribution in [2.45, 2.75) is 25.0 Å². The van der Waals surface area contributed by atoms with Crippen LogP contribution >= 0.6 is 11.6 Å². The fraction of sp³-hybridized carbons (Fsp3) is 0.233. The molecule has 9 nitrogen and oxygen atoms in total. The van der Waals surface area contributed by atoms with Crippen LogP contribution in [0.15, 0.2) is 79.0 Å². The SMILES string of the molecule is O=C(O)CCNC(=O)c1cccc2c(Oc3ccc(C[C@@H](CO)NC[C@H](O)c4cccc(Cl)c4)cc3)ccnc12. The topological polar surface area (TPSA) is 141 Å². The molecule has 10 heteroatoms. The molecule has 0 saturated heterocycles. The lowest BCUT2D eigenvalue weighted by atomic mass is 10.0. The number of aliphatic hydroxyl groups is 2. The number of halogens is 1. The maximum Gasteiger partial charge on any atom is 0.305 e. The summed E-state index contributed by atoms with van der Waals surface area (Å²) in [5.41, 5.74) is 2.44. The van der Waals surface area contributed by atoms with E-state index in [1.807, 2.05) is 24.3 Å². The molecule has 2 atom stereocenters. The highest BCUT2D eigenvalue weighted by Gasteiger charge is 2.15. The van der Waals surface area contributed by atoms with E-state index < -0.39 is 18.0 Å². The maximum atomic E-state index is 12.6. The van der Waals surface area contributed by atoms with E-state index in [0.717, 1.165) is 5.56 Å². The summed E-state index contributed by atoms with van der Waals surface area (Å²) in [5, 5.41) is 36.1. The Morgan fingerprint density at radius 1 is 1.02 bits per heavy atom. The highest BCUT2D eigenvalue weighted by molar-refractivity contribution is 6.30. The monoisotopic (exact) mass is 563 g/mol. The van der Waals surface area contributed by atoms with Gasteiger partial charge in [0.2, 0.25) is 0 Å². The minimum Gasteiger partial charge on any atom is -0.481 e. The average Bonchev–Trinajstić information content (AvgIpc) is 2.95. The summed E-state index contributed by atoms with van der Waals surface area (Å²) in [4.78, 5) is 27.7. The largest absolute Gasteiger partial charge is 0.481 e. The normalized spacial score (nSPS) is 12.6. The standard InChI is InChI=1S/C30H30ClN3O6/c31-21-4-1-3-20(16-21)26(36)17-34-22(18-35)15-19-7-9-23(10-8-19)40-27-11-13-32-29-24(27)5-2-6-25(29)30(39)33-14-12-28(37)38/h1-11,13,16,22,26,34-36H,12,14-15,17-18H2,(H,33,39)(H,37,38)/t22-,26-/m0/s1. The number of aliphatic carboxylic acids is 1. The summed E-state index contributed by atoms with van der Waals surface area (Å²) < 4.78 is 6.10. The number of pyridine rings is 1. The number of carboxylic acid groups (broad SMARTS) is 1. The predicted molar refractivity (Wildman–Crippen MR) is 152 cm³/mol. The first-order valence-corrected chi connectivity index (χ1v) is 13.1. The molecule has 0 radical (unpaired) electrons. The van der Waals surface area contributed by atoms with Crippen LogP contribution in [0.5, 0.6) is 11.5 Å². The Morgan fingerprint density at radius 3 is 2.52 bits per heavy atom. The Hall–Kier alpha value is -4.02. The number of carboxylic acids is 1. The molecular weight excluding hydrogens is 534 g/mol. The van der Waals surface area contributed by atoms with Gasteiger partial charge in [0.15, 0.2) is 0 Å². The van der Waals surface area contributed by atoms with Crippen molar-refractivity contribution in [3.8, 4) is 11.5 Å². The molecule has 0 saturated carbocycles. The number of carbonyl (C=O) groups is 2. The number of aliphatic hydroxyl groups excluding tert-OH is 2. The van der Waals surface area contributed by atoms with E-state index in [4.69, 9.17) is 21.4 Å². The lowest BCUT2D eigenvalue weighted by Gasteiger charge is -2.19. The molecule has 3 aromatic carbocycles. The van der Waals surface area contributed by atoms with Crippen LogP contribution < -0.4 is 15.4 Å². The molecule has 0 bridgehead atoms. The second kappa shape index (κ2) is 13.9. The summed E-state index contributed by atoms with van der Waals surface area (Å²) in [6, 6.07) is 21.1. The molecule has 1 aromatic heterocycles. The van der Waals surface area contributed by atoms with Crippen molar-refractivity contribution in [2.24, 2.45) is 0 Å². The number of ether oxygens (including phenoxy) is 1. The van der Waals surface area contributed by atoms with Crippen LogP contribution in [-0.2, 0) is 11.2 Å². The summed E-state index contributed by atoms with van der Waals surface area (Å²) in [6.07, 6.45) is 1.16. The van der Waals surface area contributed by atoms with Gasteiger partial charge in [0.05, 0.1) is 30.2 Å². The van der Waals surface area contributed by atoms with Crippen LogP contribution in [-0.4, -0.2) is 57.9 Å². The van der Waals surface area contributed by atoms with Crippen molar-refractivity contribution in [3.63, 3.8) is 0 Å². The molecule has 208 valence electrons. The molecule has 5 N–H and O–H groups in total. The van der Waals surface area contributed by atoms with Crippen molar-refractivity contribution in [3.05, 3.63) is 101 Å². The number of aromatic nitrogens is 1. The second-order valence-electron chi connectivity index (χ2n) is 9.22. The first kappa shape index (κ1) is 29.0. The highest BCUT2D eigenvalue weighted by atomic mass is 35.5. The first-order chi connectivity index (χ1) is 19.3. The Balaban J connectivity index is 1.39. The fourth-order valence-electron chi connectivity index (χ4n) is 4.22. The van der Waals surface area contributed by atoms with Crippen LogP contribution in [0.4, 0.5) is 0 Å². The van der Waals surface area contributed by atoms with E-state index in [0.29, 0.717) is 45.0 Å². The van der Waals surface area contributed by atoms with Gasteiger partial charge in [-0.2, -0.15) is 0 Å². The Kier molecular flexibility index (Phi) is 10.0. The molecule has 0 spiro atoms. The zero-order chi connectivity index (χ0) is 28.5. The van der Waals surface area contributed by atoms with Crippen LogP contribution in [0.2, 0.25) is 5.02 Å². The van der Waals surface area contributed by atoms with Gasteiger partial charge in [-0.3, -0.25) is 14.6 Å². The molecule has 0 aliphatic heterocycles. The van der Waals surface area contributed by atoms with Crippen LogP contribution in [0.25, 0.3) is 10.9 Å². The molecule has 1 amide bonds. The van der Waals surface area contributed by atoms with Crippen molar-refractivity contribution < 1.29 is 29.6 Å². The number of fused-ring (bicyclic) bond motifs is 1. The lowest BCUT2D eigenvalue weighted by molar-refractivity contribution is -0.136. The van der Waals surface area contributed by atoms with E-state index in [9.17, 15) is 19.8 Å². The molecule has 4 rings (SSSR count). The van der Waals surface area contributed by atoms with Crippen molar-refractivity contribution in [1.29, 1.82) is 0 Å². The van der Waals surface area contributed by atoms with Crippen molar-refractivity contribution >= 4 is 34.4 Å². The van der Waals surface area contributed by atoms with Gasteiger partial charge in [0, 0.05) is 35.7 Å². The summed E-state index contributed by atoms with van der Waals surface area (Å²) in [6.45, 7) is 0.180. The Labute approximate surface area is 236 Å². The van der Waals surface area contributed by atoms with Crippen molar-refractivity contribution in [2.75, 3.05) is 19.7 Å². The quantitative estimate of drug-likeness (QED) is 0.164. The van der Waals surface area contributed by atoms with Crippen LogP contribution in [0, 0.1) is 0 Å². The van der Waals surface area contributed by atoms with Gasteiger partial charge >= 0.3 is 5.97 Å². The van der Waals surface area contributed by atoms with Gasteiger partial charge in [0.1, 0.15) is 11.5 Å². The number of nitrogens with one attached hydrogen (secondary N) is 2. The third kappa shape index (κ3) is 7.77. The number of nitrogens with zero attached hydrogens (tertiary/aromatic N) is 1. The zero-order valence-electron chi connectivity index (χ0n) is 21.6. The van der Waals surface area contributed by atoms with E-state index in [-0.39, 0.29) is 32.2 Å². The maximum absolute atomic E-state index is 12.6. The Morgan fingerprint density at radius 2 is 1.80 bits per heavy atom. The summed E-state index contributed by atoms with van der Waals surface area (Å²) in [5.74, 6) is -0.304. The molecule has 0 aliphatic rings. The minimum atomic E-state index is -0.992. The molecule has 0 aliphatic carbocycles. The first-order valence-electron chi connectivity index (χ1n) is 12.8. The van der Waals surface area contributed by atoms with Crippen LogP contribution in [0.1, 0.15) is 34.0 Å². The van der Waals surface area contributed by atoms with Gasteiger partial charge < -0.3 is 30.7 Å². The van der Waals surface area contributed by atoms with Gasteiger partial charge in [-0.25, -0.2) is 0 Å². The number of para-hydroxylation sites is 1. The van der Waals surface area contributed by atoms with Crippen LogP contribution in [0.3, 0.4) is 0 Å².